The van der Waals surface area contributed by atoms with Crippen LogP contribution in [0.1, 0.15) is 16.8 Å². The van der Waals surface area contributed by atoms with Crippen molar-refractivity contribution in [3.05, 3.63) is 33.3 Å². The van der Waals surface area contributed by atoms with Crippen molar-refractivity contribution in [3.8, 4) is 0 Å². The van der Waals surface area contributed by atoms with Crippen molar-refractivity contribution >= 4 is 45.8 Å². The molecular weight excluding hydrogens is 339 g/mol. The third-order valence-corrected chi connectivity index (χ3v) is 3.87. The highest BCUT2D eigenvalue weighted by molar-refractivity contribution is 9.10. The molecule has 0 aliphatic carbocycles. The number of rotatable bonds is 2. The number of amides is 1. The second kappa shape index (κ2) is 6.75. The van der Waals surface area contributed by atoms with Gasteiger partial charge in [0.2, 0.25) is 0 Å². The predicted molar refractivity (Wildman–Crippen MR) is 79.8 cm³/mol. The molecule has 3 nitrogen and oxygen atoms in total. The van der Waals surface area contributed by atoms with Crippen molar-refractivity contribution < 1.29 is 4.79 Å². The molecule has 1 aromatic rings. The average molecular weight is 354 g/mol. The van der Waals surface area contributed by atoms with E-state index < -0.39 is 0 Å². The Bertz CT molecular complexity index is 442. The number of benzene rings is 1. The molecule has 1 aromatic carbocycles. The van der Waals surface area contributed by atoms with E-state index in [1.165, 1.54) is 0 Å². The summed E-state index contributed by atoms with van der Waals surface area (Å²) in [6.45, 7) is 1.53. The van der Waals surface area contributed by atoms with Gasteiger partial charge in [-0.25, -0.2) is 0 Å². The summed E-state index contributed by atoms with van der Waals surface area (Å²) < 4.78 is 0.870. The first-order chi connectivity index (χ1) is 8.11. The first-order valence-corrected chi connectivity index (χ1v) is 6.70. The van der Waals surface area contributed by atoms with Crippen LogP contribution < -0.4 is 5.32 Å². The van der Waals surface area contributed by atoms with Crippen LogP contribution in [0.4, 0.5) is 0 Å². The Morgan fingerprint density at radius 2 is 2.28 bits per heavy atom. The fourth-order valence-corrected chi connectivity index (χ4v) is 2.57. The Hall–Kier alpha value is -0.290. The maximum absolute atomic E-state index is 12.3. The molecule has 1 atom stereocenters. The van der Waals surface area contributed by atoms with Gasteiger partial charge in [0.25, 0.3) is 5.91 Å². The zero-order chi connectivity index (χ0) is 12.4. The van der Waals surface area contributed by atoms with E-state index in [0.717, 1.165) is 24.0 Å². The van der Waals surface area contributed by atoms with Crippen LogP contribution in [0.3, 0.4) is 0 Å². The molecule has 100 valence electrons. The van der Waals surface area contributed by atoms with Gasteiger partial charge in [-0.2, -0.15) is 0 Å². The summed E-state index contributed by atoms with van der Waals surface area (Å²) in [5.41, 5.74) is 0.567. The van der Waals surface area contributed by atoms with Crippen LogP contribution in [0.2, 0.25) is 5.02 Å². The largest absolute Gasteiger partial charge is 0.337 e. The van der Waals surface area contributed by atoms with E-state index >= 15 is 0 Å². The summed E-state index contributed by atoms with van der Waals surface area (Å²) in [6, 6.07) is 5.74. The van der Waals surface area contributed by atoms with Crippen LogP contribution in [0, 0.1) is 0 Å². The second-order valence-corrected chi connectivity index (χ2v) is 5.47. The van der Waals surface area contributed by atoms with Gasteiger partial charge in [0.15, 0.2) is 0 Å². The summed E-state index contributed by atoms with van der Waals surface area (Å²) in [5.74, 6) is 0.00838. The lowest BCUT2D eigenvalue weighted by Gasteiger charge is -2.17. The molecule has 1 saturated heterocycles. The quantitative estimate of drug-likeness (QED) is 0.886. The van der Waals surface area contributed by atoms with E-state index in [-0.39, 0.29) is 18.3 Å². The molecule has 1 N–H and O–H groups in total. The molecule has 1 aliphatic heterocycles. The first-order valence-electron chi connectivity index (χ1n) is 5.53. The van der Waals surface area contributed by atoms with Crippen LogP contribution in [-0.4, -0.2) is 37.0 Å². The molecule has 1 fully saturated rings. The summed E-state index contributed by atoms with van der Waals surface area (Å²) >= 11 is 9.41. The number of carbonyl (C=O) groups excluding carboxylic acids is 1. The van der Waals surface area contributed by atoms with Gasteiger partial charge in [-0.1, -0.05) is 27.5 Å². The van der Waals surface area contributed by atoms with Crippen LogP contribution in [-0.2, 0) is 0 Å². The van der Waals surface area contributed by atoms with Gasteiger partial charge in [0, 0.05) is 23.6 Å². The molecule has 0 aromatic heterocycles. The predicted octanol–water partition coefficient (Wildman–Crippen LogP) is 2.96. The standard InChI is InChI=1S/C12H14BrClN2O.ClH/c1-15-9-4-5-16(7-9)12(17)10-6-8(13)2-3-11(10)14;/h2-3,6,9,15H,4-5,7H2,1H3;1H. The molecule has 1 unspecified atom stereocenters. The topological polar surface area (TPSA) is 32.3 Å². The molecule has 0 radical (unpaired) electrons. The fourth-order valence-electron chi connectivity index (χ4n) is 2.01. The Labute approximate surface area is 126 Å². The summed E-state index contributed by atoms with van der Waals surface area (Å²) in [6.07, 6.45) is 0.994. The third-order valence-electron chi connectivity index (χ3n) is 3.04. The van der Waals surface area contributed by atoms with Gasteiger partial charge in [0.1, 0.15) is 0 Å². The minimum Gasteiger partial charge on any atom is -0.337 e. The molecule has 6 heteroatoms. The number of likely N-dealkylation sites (tertiary alicyclic amines) is 1. The molecule has 0 bridgehead atoms. The highest BCUT2D eigenvalue weighted by atomic mass is 79.9. The average Bonchev–Trinajstić information content (AvgIpc) is 2.80. The second-order valence-electron chi connectivity index (χ2n) is 4.15. The number of hydrogen-bond acceptors (Lipinski definition) is 2. The lowest BCUT2D eigenvalue weighted by atomic mass is 10.2. The zero-order valence-electron chi connectivity index (χ0n) is 9.95. The van der Waals surface area contributed by atoms with Crippen molar-refractivity contribution in [2.75, 3.05) is 20.1 Å². The van der Waals surface area contributed by atoms with Crippen molar-refractivity contribution in [2.24, 2.45) is 0 Å². The summed E-state index contributed by atoms with van der Waals surface area (Å²) in [5, 5.41) is 3.70. The van der Waals surface area contributed by atoms with Gasteiger partial charge < -0.3 is 10.2 Å². The number of halogens is 3. The van der Waals surface area contributed by atoms with Crippen LogP contribution >= 0.6 is 39.9 Å². The number of nitrogens with zero attached hydrogens (tertiary/aromatic N) is 1. The molecule has 1 aliphatic rings. The Balaban J connectivity index is 0.00000162. The van der Waals surface area contributed by atoms with Gasteiger partial charge in [-0.05, 0) is 31.7 Å². The Morgan fingerprint density at radius 1 is 1.56 bits per heavy atom. The van der Waals surface area contributed by atoms with Gasteiger partial charge in [-0.3, -0.25) is 4.79 Å². The Morgan fingerprint density at radius 3 is 2.89 bits per heavy atom. The molecule has 0 spiro atoms. The van der Waals surface area contributed by atoms with Crippen LogP contribution in [0.5, 0.6) is 0 Å². The maximum Gasteiger partial charge on any atom is 0.255 e. The van der Waals surface area contributed by atoms with E-state index in [0.29, 0.717) is 16.6 Å². The van der Waals surface area contributed by atoms with Gasteiger partial charge in [0.05, 0.1) is 10.6 Å². The summed E-state index contributed by atoms with van der Waals surface area (Å²) in [7, 11) is 1.92. The van der Waals surface area contributed by atoms with Crippen molar-refractivity contribution in [1.29, 1.82) is 0 Å². The van der Waals surface area contributed by atoms with E-state index in [2.05, 4.69) is 21.2 Å². The lowest BCUT2D eigenvalue weighted by Crippen LogP contribution is -2.33. The SMILES string of the molecule is CNC1CCN(C(=O)c2cc(Br)ccc2Cl)C1.Cl. The van der Waals surface area contributed by atoms with Crippen LogP contribution in [0.15, 0.2) is 22.7 Å². The van der Waals surface area contributed by atoms with E-state index in [9.17, 15) is 4.79 Å². The van der Waals surface area contributed by atoms with Crippen molar-refractivity contribution in [1.82, 2.24) is 10.2 Å². The van der Waals surface area contributed by atoms with Crippen molar-refractivity contribution in [3.63, 3.8) is 0 Å². The monoisotopic (exact) mass is 352 g/mol. The first kappa shape index (κ1) is 15.8. The fraction of sp³-hybridized carbons (Fsp3) is 0.417. The highest BCUT2D eigenvalue weighted by Gasteiger charge is 2.26. The number of carbonyl (C=O) groups is 1. The minimum absolute atomic E-state index is 0. The molecule has 1 amide bonds. The zero-order valence-corrected chi connectivity index (χ0v) is 13.1. The summed E-state index contributed by atoms with van der Waals surface area (Å²) in [4.78, 5) is 14.1. The smallest absolute Gasteiger partial charge is 0.255 e. The third kappa shape index (κ3) is 3.38. The number of hydrogen-bond donors (Lipinski definition) is 1. The molecule has 18 heavy (non-hydrogen) atoms. The molecule has 0 saturated carbocycles. The minimum atomic E-state index is 0. The molecule has 2 rings (SSSR count). The highest BCUT2D eigenvalue weighted by Crippen LogP contribution is 2.23. The van der Waals surface area contributed by atoms with Gasteiger partial charge >= 0.3 is 0 Å². The lowest BCUT2D eigenvalue weighted by molar-refractivity contribution is 0.0790. The Kier molecular flexibility index (Phi) is 5.92. The van der Waals surface area contributed by atoms with Crippen molar-refractivity contribution in [2.45, 2.75) is 12.5 Å². The van der Waals surface area contributed by atoms with E-state index in [4.69, 9.17) is 11.6 Å². The number of likely N-dealkylation sites (N-methyl/N-ethyl adjacent to an activating group) is 1. The molecular formula is C12H15BrCl2N2O. The van der Waals surface area contributed by atoms with Gasteiger partial charge in [-0.15, -0.1) is 12.4 Å². The molecule has 1 heterocycles. The van der Waals surface area contributed by atoms with E-state index in [1.54, 1.807) is 12.1 Å². The van der Waals surface area contributed by atoms with E-state index in [1.807, 2.05) is 18.0 Å². The number of nitrogens with one attached hydrogen (secondary N) is 1. The normalized spacial score (nSPS) is 18.6. The maximum atomic E-state index is 12.3. The van der Waals surface area contributed by atoms with Crippen LogP contribution in [0.25, 0.3) is 0 Å².